The maximum absolute atomic E-state index is 13.8. The molecule has 4 nitrogen and oxygen atoms in total. The molecule has 1 rings (SSSR count). The van der Waals surface area contributed by atoms with Crippen molar-refractivity contribution < 1.29 is 4.39 Å². The van der Waals surface area contributed by atoms with Gasteiger partial charge in [-0.1, -0.05) is 19.9 Å². The number of rotatable bonds is 8. The predicted octanol–water partition coefficient (Wildman–Crippen LogP) is 4.00. The lowest BCUT2D eigenvalue weighted by Gasteiger charge is -2.19. The van der Waals surface area contributed by atoms with Crippen LogP contribution >= 0.6 is 24.0 Å². The van der Waals surface area contributed by atoms with Crippen LogP contribution in [0.3, 0.4) is 0 Å². The van der Waals surface area contributed by atoms with E-state index in [0.29, 0.717) is 30.6 Å². The number of hydrogen-bond donors (Lipinski definition) is 2. The summed E-state index contributed by atoms with van der Waals surface area (Å²) >= 11 is 0. The van der Waals surface area contributed by atoms with Gasteiger partial charge in [0.25, 0.3) is 0 Å². The molecule has 1 aromatic carbocycles. The molecule has 0 radical (unpaired) electrons. The van der Waals surface area contributed by atoms with Crippen LogP contribution in [-0.4, -0.2) is 38.0 Å². The van der Waals surface area contributed by atoms with Gasteiger partial charge in [0.15, 0.2) is 5.96 Å². The number of nitrogens with one attached hydrogen (secondary N) is 2. The lowest BCUT2D eigenvalue weighted by atomic mass is 10.0. The van der Waals surface area contributed by atoms with Crippen LogP contribution in [-0.2, 0) is 13.1 Å². The van der Waals surface area contributed by atoms with E-state index in [4.69, 9.17) is 0 Å². The molecule has 1 unspecified atom stereocenters. The van der Waals surface area contributed by atoms with Crippen molar-refractivity contribution >= 4 is 29.9 Å². The Morgan fingerprint density at radius 2 is 1.88 bits per heavy atom. The van der Waals surface area contributed by atoms with Gasteiger partial charge in [0.05, 0.1) is 0 Å². The summed E-state index contributed by atoms with van der Waals surface area (Å²) in [5, 5.41) is 6.71. The average molecular weight is 464 g/mol. The molecule has 1 aromatic rings. The fourth-order valence-electron chi connectivity index (χ4n) is 2.47. The first-order valence-electron chi connectivity index (χ1n) is 8.71. The van der Waals surface area contributed by atoms with Gasteiger partial charge in [0, 0.05) is 31.7 Å². The molecule has 6 heteroatoms. The number of aliphatic imine (C=N–C) groups is 1. The highest BCUT2D eigenvalue weighted by atomic mass is 127. The van der Waals surface area contributed by atoms with E-state index in [0.717, 1.165) is 17.9 Å². The summed E-state index contributed by atoms with van der Waals surface area (Å²) in [6.45, 7) is 7.86. The van der Waals surface area contributed by atoms with E-state index >= 15 is 0 Å². The first-order chi connectivity index (χ1) is 11.3. The number of nitrogens with zero attached hydrogens (tertiary/aromatic N) is 2. The summed E-state index contributed by atoms with van der Waals surface area (Å²) in [5.41, 5.74) is 1.76. The molecule has 1 atom stereocenters. The van der Waals surface area contributed by atoms with Crippen molar-refractivity contribution in [2.45, 2.75) is 52.7 Å². The summed E-state index contributed by atoms with van der Waals surface area (Å²) < 4.78 is 13.8. The Balaban J connectivity index is 0.00000576. The highest BCUT2D eigenvalue weighted by molar-refractivity contribution is 14.0. The van der Waals surface area contributed by atoms with E-state index in [2.05, 4.69) is 36.4 Å². The number of halogens is 2. The van der Waals surface area contributed by atoms with Gasteiger partial charge in [-0.2, -0.15) is 0 Å². The highest BCUT2D eigenvalue weighted by Gasteiger charge is 2.08. The second-order valence-corrected chi connectivity index (χ2v) is 7.11. The summed E-state index contributed by atoms with van der Waals surface area (Å²) in [6.07, 6.45) is 2.30. The third-order valence-corrected chi connectivity index (χ3v) is 3.84. The summed E-state index contributed by atoms with van der Waals surface area (Å²) in [6, 6.07) is 5.64. The van der Waals surface area contributed by atoms with Gasteiger partial charge < -0.3 is 15.5 Å². The maximum Gasteiger partial charge on any atom is 0.191 e. The highest BCUT2D eigenvalue weighted by Crippen LogP contribution is 2.12. The minimum absolute atomic E-state index is 0. The van der Waals surface area contributed by atoms with E-state index in [-0.39, 0.29) is 29.8 Å². The van der Waals surface area contributed by atoms with Crippen LogP contribution in [0.4, 0.5) is 4.39 Å². The van der Waals surface area contributed by atoms with Crippen LogP contribution in [0.25, 0.3) is 0 Å². The second kappa shape index (κ2) is 12.5. The molecule has 2 N–H and O–H groups in total. The Labute approximate surface area is 169 Å². The largest absolute Gasteiger partial charge is 0.354 e. The fourth-order valence-corrected chi connectivity index (χ4v) is 2.47. The number of hydrogen-bond acceptors (Lipinski definition) is 2. The SMILES string of the molecule is CN=C(NCc1ccc(F)c(CN(C)C)c1)NC(C)CCC(C)C.I. The molecule has 0 saturated heterocycles. The van der Waals surface area contributed by atoms with E-state index in [1.54, 1.807) is 7.05 Å². The van der Waals surface area contributed by atoms with Gasteiger partial charge in [0.1, 0.15) is 5.82 Å². The van der Waals surface area contributed by atoms with Crippen molar-refractivity contribution in [2.24, 2.45) is 10.9 Å². The van der Waals surface area contributed by atoms with Crippen LogP contribution in [0.15, 0.2) is 23.2 Å². The first-order valence-corrected chi connectivity index (χ1v) is 8.71. The first kappa shape index (κ1) is 24.1. The maximum atomic E-state index is 13.8. The minimum Gasteiger partial charge on any atom is -0.354 e. The Morgan fingerprint density at radius 1 is 1.20 bits per heavy atom. The Morgan fingerprint density at radius 3 is 2.44 bits per heavy atom. The Hall–Kier alpha value is -0.890. The average Bonchev–Trinajstić information content (AvgIpc) is 2.51. The van der Waals surface area contributed by atoms with Crippen molar-refractivity contribution in [3.05, 3.63) is 35.1 Å². The molecule has 0 amide bonds. The zero-order valence-electron chi connectivity index (χ0n) is 16.4. The normalized spacial score (nSPS) is 12.9. The molecule has 0 aromatic heterocycles. The molecule has 0 spiro atoms. The van der Waals surface area contributed by atoms with Crippen molar-refractivity contribution in [3.8, 4) is 0 Å². The monoisotopic (exact) mass is 464 g/mol. The molecule has 0 aliphatic carbocycles. The Kier molecular flexibility index (Phi) is 12.0. The Bertz CT molecular complexity index is 532. The number of benzene rings is 1. The predicted molar refractivity (Wildman–Crippen MR) is 116 cm³/mol. The summed E-state index contributed by atoms with van der Waals surface area (Å²) in [5.74, 6) is 1.33. The molecule has 144 valence electrons. The third kappa shape index (κ3) is 9.99. The quantitative estimate of drug-likeness (QED) is 0.347. The van der Waals surface area contributed by atoms with Crippen molar-refractivity contribution in [3.63, 3.8) is 0 Å². The van der Waals surface area contributed by atoms with Gasteiger partial charge in [-0.25, -0.2) is 4.39 Å². The van der Waals surface area contributed by atoms with Crippen molar-refractivity contribution in [2.75, 3.05) is 21.1 Å². The molecule has 25 heavy (non-hydrogen) atoms. The van der Waals surface area contributed by atoms with Gasteiger partial charge in [-0.15, -0.1) is 24.0 Å². The molecule has 0 heterocycles. The number of guanidine groups is 1. The van der Waals surface area contributed by atoms with E-state index in [9.17, 15) is 4.39 Å². The topological polar surface area (TPSA) is 39.7 Å². The lowest BCUT2D eigenvalue weighted by Crippen LogP contribution is -2.41. The van der Waals surface area contributed by atoms with Crippen molar-refractivity contribution in [1.82, 2.24) is 15.5 Å². The zero-order chi connectivity index (χ0) is 18.1. The van der Waals surface area contributed by atoms with Gasteiger partial charge in [0.2, 0.25) is 0 Å². The smallest absolute Gasteiger partial charge is 0.191 e. The van der Waals surface area contributed by atoms with Gasteiger partial charge in [-0.3, -0.25) is 4.99 Å². The second-order valence-electron chi connectivity index (χ2n) is 7.11. The standard InChI is InChI=1S/C19H33FN4.HI/c1-14(2)7-8-15(3)23-19(21-4)22-12-16-9-10-18(20)17(11-16)13-24(5)6;/h9-11,14-15H,7-8,12-13H2,1-6H3,(H2,21,22,23);1H. The van der Waals surface area contributed by atoms with E-state index < -0.39 is 0 Å². The van der Waals surface area contributed by atoms with E-state index in [1.807, 2.05) is 31.1 Å². The zero-order valence-corrected chi connectivity index (χ0v) is 18.7. The third-order valence-electron chi connectivity index (χ3n) is 3.84. The van der Waals surface area contributed by atoms with Gasteiger partial charge >= 0.3 is 0 Å². The summed E-state index contributed by atoms with van der Waals surface area (Å²) in [7, 11) is 5.65. The molecule has 0 saturated carbocycles. The van der Waals surface area contributed by atoms with Crippen LogP contribution in [0, 0.1) is 11.7 Å². The molecule has 0 aliphatic heterocycles. The molecular formula is C19H34FIN4. The lowest BCUT2D eigenvalue weighted by molar-refractivity contribution is 0.392. The molecule has 0 bridgehead atoms. The van der Waals surface area contributed by atoms with Crippen LogP contribution < -0.4 is 10.6 Å². The summed E-state index contributed by atoms with van der Waals surface area (Å²) in [4.78, 5) is 6.24. The minimum atomic E-state index is -0.155. The van der Waals surface area contributed by atoms with E-state index in [1.165, 1.54) is 12.5 Å². The molecule has 0 fully saturated rings. The van der Waals surface area contributed by atoms with Gasteiger partial charge in [-0.05, 0) is 57.5 Å². The van der Waals surface area contributed by atoms with Crippen LogP contribution in [0.5, 0.6) is 0 Å². The molecule has 0 aliphatic rings. The van der Waals surface area contributed by atoms with Crippen LogP contribution in [0.1, 0.15) is 44.7 Å². The van der Waals surface area contributed by atoms with Crippen LogP contribution in [0.2, 0.25) is 0 Å². The molecular weight excluding hydrogens is 430 g/mol. The fraction of sp³-hybridized carbons (Fsp3) is 0.632. The van der Waals surface area contributed by atoms with Crippen molar-refractivity contribution in [1.29, 1.82) is 0 Å².